The molecule has 1 unspecified atom stereocenters. The monoisotopic (exact) mass is 192 g/mol. The maximum atomic E-state index is 11.1. The van der Waals surface area contributed by atoms with Gasteiger partial charge < -0.3 is 9.47 Å². The third-order valence-corrected chi connectivity index (χ3v) is 3.02. The number of rotatable bonds is 3. The van der Waals surface area contributed by atoms with E-state index in [0.717, 1.165) is 19.4 Å². The normalized spacial score (nSPS) is 31.4. The lowest BCUT2D eigenvalue weighted by Gasteiger charge is -2.14. The summed E-state index contributed by atoms with van der Waals surface area (Å²) < 4.78 is 21.8. The minimum atomic E-state index is -0.689. The van der Waals surface area contributed by atoms with E-state index in [1.807, 2.05) is 0 Å². The highest BCUT2D eigenvalue weighted by molar-refractivity contribution is 7.85. The quantitative estimate of drug-likeness (QED) is 0.666. The number of hydrogen-bond donors (Lipinski definition) is 0. The SMILES string of the molecule is CCCO[C@H]1CCS(=O)CCO1. The summed E-state index contributed by atoms with van der Waals surface area (Å²) in [6.07, 6.45) is 1.66. The van der Waals surface area contributed by atoms with Gasteiger partial charge in [-0.15, -0.1) is 0 Å². The molecular weight excluding hydrogens is 176 g/mol. The van der Waals surface area contributed by atoms with Crippen LogP contribution in [0, 0.1) is 0 Å². The highest BCUT2D eigenvalue weighted by atomic mass is 32.2. The zero-order chi connectivity index (χ0) is 8.81. The Morgan fingerprint density at radius 2 is 2.42 bits per heavy atom. The summed E-state index contributed by atoms with van der Waals surface area (Å²) in [4.78, 5) is 0. The summed E-state index contributed by atoms with van der Waals surface area (Å²) >= 11 is 0. The molecule has 0 aliphatic carbocycles. The molecule has 0 aromatic rings. The summed E-state index contributed by atoms with van der Waals surface area (Å²) in [6, 6.07) is 0. The molecule has 4 heteroatoms. The second-order valence-electron chi connectivity index (χ2n) is 2.81. The lowest BCUT2D eigenvalue weighted by Crippen LogP contribution is -2.17. The van der Waals surface area contributed by atoms with Crippen LogP contribution in [0.2, 0.25) is 0 Å². The maximum Gasteiger partial charge on any atom is 0.158 e. The van der Waals surface area contributed by atoms with Crippen LogP contribution in [0.1, 0.15) is 19.8 Å². The minimum absolute atomic E-state index is 0.114. The molecule has 12 heavy (non-hydrogen) atoms. The first kappa shape index (κ1) is 10.2. The van der Waals surface area contributed by atoms with E-state index >= 15 is 0 Å². The van der Waals surface area contributed by atoms with Crippen LogP contribution < -0.4 is 0 Å². The van der Waals surface area contributed by atoms with Crippen LogP contribution in [0.25, 0.3) is 0 Å². The predicted octanol–water partition coefficient (Wildman–Crippen LogP) is 0.908. The van der Waals surface area contributed by atoms with Crippen molar-refractivity contribution in [2.75, 3.05) is 24.7 Å². The highest BCUT2D eigenvalue weighted by Crippen LogP contribution is 2.07. The van der Waals surface area contributed by atoms with Crippen LogP contribution in [0.4, 0.5) is 0 Å². The first-order valence-electron chi connectivity index (χ1n) is 4.41. The van der Waals surface area contributed by atoms with Gasteiger partial charge in [-0.3, -0.25) is 4.21 Å². The van der Waals surface area contributed by atoms with E-state index < -0.39 is 10.8 Å². The van der Waals surface area contributed by atoms with Gasteiger partial charge in [-0.2, -0.15) is 0 Å². The third kappa shape index (κ3) is 3.65. The van der Waals surface area contributed by atoms with Crippen LogP contribution in [0.3, 0.4) is 0 Å². The molecule has 2 atom stereocenters. The lowest BCUT2D eigenvalue weighted by atomic mass is 10.4. The van der Waals surface area contributed by atoms with Crippen LogP contribution >= 0.6 is 0 Å². The summed E-state index contributed by atoms with van der Waals surface area (Å²) in [5.74, 6) is 1.38. The number of ether oxygens (including phenoxy) is 2. The molecule has 0 N–H and O–H groups in total. The standard InChI is InChI=1S/C8H16O3S/c1-2-4-10-8-3-6-12(9)7-5-11-8/h8H,2-7H2,1H3/t8-,12?/m1/s1. The van der Waals surface area contributed by atoms with Crippen molar-refractivity contribution in [2.24, 2.45) is 0 Å². The van der Waals surface area contributed by atoms with Crippen molar-refractivity contribution < 1.29 is 13.7 Å². The molecule has 0 aromatic carbocycles. The van der Waals surface area contributed by atoms with Crippen molar-refractivity contribution in [1.29, 1.82) is 0 Å². The zero-order valence-corrected chi connectivity index (χ0v) is 8.27. The van der Waals surface area contributed by atoms with Gasteiger partial charge in [0.1, 0.15) is 0 Å². The van der Waals surface area contributed by atoms with E-state index in [-0.39, 0.29) is 6.29 Å². The van der Waals surface area contributed by atoms with E-state index in [1.54, 1.807) is 0 Å². The first-order valence-corrected chi connectivity index (χ1v) is 5.90. The van der Waals surface area contributed by atoms with E-state index in [0.29, 0.717) is 18.1 Å². The molecular formula is C8H16O3S. The topological polar surface area (TPSA) is 35.5 Å². The fraction of sp³-hybridized carbons (Fsp3) is 1.00. The Morgan fingerprint density at radius 3 is 3.17 bits per heavy atom. The third-order valence-electron chi connectivity index (χ3n) is 1.70. The molecule has 0 amide bonds. The Balaban J connectivity index is 2.21. The summed E-state index contributed by atoms with van der Waals surface area (Å²) in [5.41, 5.74) is 0. The van der Waals surface area contributed by atoms with Crippen molar-refractivity contribution in [3.63, 3.8) is 0 Å². The van der Waals surface area contributed by atoms with Crippen molar-refractivity contribution in [1.82, 2.24) is 0 Å². The predicted molar refractivity (Wildman–Crippen MR) is 48.5 cm³/mol. The summed E-state index contributed by atoms with van der Waals surface area (Å²) in [6.45, 7) is 3.37. The molecule has 1 aliphatic rings. The fourth-order valence-corrected chi connectivity index (χ4v) is 2.01. The van der Waals surface area contributed by atoms with E-state index in [1.165, 1.54) is 0 Å². The fourth-order valence-electron chi connectivity index (χ4n) is 1.07. The van der Waals surface area contributed by atoms with E-state index in [2.05, 4.69) is 6.92 Å². The van der Waals surface area contributed by atoms with Crippen LogP contribution in [0.15, 0.2) is 0 Å². The lowest BCUT2D eigenvalue weighted by molar-refractivity contribution is -0.137. The molecule has 72 valence electrons. The molecule has 1 rings (SSSR count). The Labute approximate surface area is 75.9 Å². The Morgan fingerprint density at radius 1 is 1.58 bits per heavy atom. The van der Waals surface area contributed by atoms with Crippen molar-refractivity contribution in [3.05, 3.63) is 0 Å². The van der Waals surface area contributed by atoms with Gasteiger partial charge >= 0.3 is 0 Å². The van der Waals surface area contributed by atoms with Gasteiger partial charge in [0.05, 0.1) is 6.61 Å². The molecule has 1 aliphatic heterocycles. The molecule has 1 fully saturated rings. The molecule has 1 heterocycles. The Bertz CT molecular complexity index is 149. The van der Waals surface area contributed by atoms with Crippen molar-refractivity contribution >= 4 is 10.8 Å². The van der Waals surface area contributed by atoms with Gasteiger partial charge in [-0.25, -0.2) is 0 Å². The van der Waals surface area contributed by atoms with Crippen molar-refractivity contribution in [3.8, 4) is 0 Å². The van der Waals surface area contributed by atoms with Gasteiger partial charge in [0, 0.05) is 35.3 Å². The molecule has 0 aromatic heterocycles. The minimum Gasteiger partial charge on any atom is -0.353 e. The Kier molecular flexibility index (Phi) is 4.80. The van der Waals surface area contributed by atoms with Gasteiger partial charge in [0.15, 0.2) is 6.29 Å². The average Bonchev–Trinajstić information content (AvgIpc) is 2.27. The maximum absolute atomic E-state index is 11.1. The van der Waals surface area contributed by atoms with E-state index in [4.69, 9.17) is 9.47 Å². The van der Waals surface area contributed by atoms with Crippen molar-refractivity contribution in [2.45, 2.75) is 26.1 Å². The summed E-state index contributed by atoms with van der Waals surface area (Å²) in [7, 11) is -0.689. The van der Waals surface area contributed by atoms with Gasteiger partial charge in [0.25, 0.3) is 0 Å². The Hall–Kier alpha value is 0.0700. The van der Waals surface area contributed by atoms with Gasteiger partial charge in [-0.05, 0) is 6.42 Å². The molecule has 0 saturated carbocycles. The second-order valence-corrected chi connectivity index (χ2v) is 4.50. The zero-order valence-electron chi connectivity index (χ0n) is 7.45. The van der Waals surface area contributed by atoms with Gasteiger partial charge in [-0.1, -0.05) is 6.92 Å². The van der Waals surface area contributed by atoms with Crippen LogP contribution in [-0.2, 0) is 20.3 Å². The summed E-state index contributed by atoms with van der Waals surface area (Å²) in [5, 5.41) is 0. The van der Waals surface area contributed by atoms with E-state index in [9.17, 15) is 4.21 Å². The van der Waals surface area contributed by atoms with Crippen LogP contribution in [0.5, 0.6) is 0 Å². The van der Waals surface area contributed by atoms with Gasteiger partial charge in [0.2, 0.25) is 0 Å². The first-order chi connectivity index (χ1) is 5.83. The molecule has 1 saturated heterocycles. The molecule has 3 nitrogen and oxygen atoms in total. The smallest absolute Gasteiger partial charge is 0.158 e. The number of hydrogen-bond acceptors (Lipinski definition) is 3. The highest BCUT2D eigenvalue weighted by Gasteiger charge is 2.15. The molecule has 0 bridgehead atoms. The molecule has 0 spiro atoms. The largest absolute Gasteiger partial charge is 0.353 e. The molecule has 0 radical (unpaired) electrons. The van der Waals surface area contributed by atoms with Crippen LogP contribution in [-0.4, -0.2) is 35.2 Å². The second kappa shape index (κ2) is 5.67. The average molecular weight is 192 g/mol.